The summed E-state index contributed by atoms with van der Waals surface area (Å²) in [5.41, 5.74) is 5.44. The number of anilines is 1. The zero-order chi connectivity index (χ0) is 19.7. The molecule has 2 aromatic carbocycles. The molecule has 1 amide bonds. The van der Waals surface area contributed by atoms with Crippen molar-refractivity contribution in [3.63, 3.8) is 0 Å². The van der Waals surface area contributed by atoms with Gasteiger partial charge in [-0.1, -0.05) is 42.0 Å². The Morgan fingerprint density at radius 2 is 1.82 bits per heavy atom. The van der Waals surface area contributed by atoms with E-state index in [0.717, 1.165) is 22.5 Å². The number of carbonyl (C=O) groups excluding carboxylic acids is 1. The minimum absolute atomic E-state index is 0.237. The number of hydrazone groups is 1. The molecule has 4 rings (SSSR count). The molecule has 0 unspecified atom stereocenters. The van der Waals surface area contributed by atoms with Gasteiger partial charge in [-0.25, -0.2) is 4.98 Å². The van der Waals surface area contributed by atoms with Crippen LogP contribution in [0.5, 0.6) is 0 Å². The van der Waals surface area contributed by atoms with Crippen molar-refractivity contribution in [2.24, 2.45) is 15.3 Å². The van der Waals surface area contributed by atoms with Crippen LogP contribution in [0.1, 0.15) is 18.1 Å². The predicted molar refractivity (Wildman–Crippen MR) is 112 cm³/mol. The summed E-state index contributed by atoms with van der Waals surface area (Å²) >= 11 is 1.38. The van der Waals surface area contributed by atoms with Gasteiger partial charge >= 0.3 is 0 Å². The zero-order valence-corrected chi connectivity index (χ0v) is 16.6. The summed E-state index contributed by atoms with van der Waals surface area (Å²) in [5, 5.41) is 16.6. The van der Waals surface area contributed by atoms with Crippen molar-refractivity contribution in [3.05, 3.63) is 65.0 Å². The first-order valence-corrected chi connectivity index (χ1v) is 9.78. The molecule has 0 saturated carbocycles. The monoisotopic (exact) mass is 389 g/mol. The van der Waals surface area contributed by atoms with Crippen LogP contribution in [0.15, 0.2) is 69.2 Å². The number of hydrogen-bond donors (Lipinski definition) is 0. The Morgan fingerprint density at radius 1 is 1.04 bits per heavy atom. The third-order valence-electron chi connectivity index (χ3n) is 4.41. The van der Waals surface area contributed by atoms with Gasteiger partial charge in [-0.3, -0.25) is 4.79 Å². The first-order valence-electron chi connectivity index (χ1n) is 8.90. The molecule has 7 heteroatoms. The number of amides is 1. The highest BCUT2D eigenvalue weighted by atomic mass is 32.1. The molecule has 3 aromatic rings. The topological polar surface area (TPSA) is 70.3 Å². The molecule has 1 aliphatic rings. The quantitative estimate of drug-likeness (QED) is 0.568. The van der Waals surface area contributed by atoms with Crippen molar-refractivity contribution >= 4 is 33.8 Å². The number of benzene rings is 2. The van der Waals surface area contributed by atoms with Crippen LogP contribution in [-0.2, 0) is 4.79 Å². The molecular weight excluding hydrogens is 370 g/mol. The fraction of sp³-hybridized carbons (Fsp3) is 0.190. The number of nitrogens with zero attached hydrogens (tertiary/aromatic N) is 5. The third-order valence-corrected chi connectivity index (χ3v) is 5.22. The van der Waals surface area contributed by atoms with E-state index in [0.29, 0.717) is 10.8 Å². The number of thiazole rings is 1. The summed E-state index contributed by atoms with van der Waals surface area (Å²) in [5.74, 6) is -0.237. The van der Waals surface area contributed by atoms with E-state index in [9.17, 15) is 4.79 Å². The Bertz CT molecular complexity index is 1080. The van der Waals surface area contributed by atoms with Crippen molar-refractivity contribution in [2.45, 2.75) is 26.8 Å². The minimum atomic E-state index is -0.716. The molecule has 0 fully saturated rings. The lowest BCUT2D eigenvalue weighted by molar-refractivity contribution is -0.117. The van der Waals surface area contributed by atoms with Gasteiger partial charge in [0, 0.05) is 10.9 Å². The normalized spacial score (nSPS) is 16.8. The van der Waals surface area contributed by atoms with Crippen molar-refractivity contribution in [1.29, 1.82) is 0 Å². The molecule has 0 radical (unpaired) electrons. The molecule has 0 spiro atoms. The maximum atomic E-state index is 12.8. The summed E-state index contributed by atoms with van der Waals surface area (Å²) in [6.45, 7) is 5.82. The second-order valence-electron chi connectivity index (χ2n) is 6.73. The predicted octanol–water partition coefficient (Wildman–Crippen LogP) is 5.30. The highest BCUT2D eigenvalue weighted by molar-refractivity contribution is 7.14. The van der Waals surface area contributed by atoms with Crippen LogP contribution in [-0.4, -0.2) is 22.6 Å². The van der Waals surface area contributed by atoms with Crippen molar-refractivity contribution < 1.29 is 4.79 Å². The second-order valence-corrected chi connectivity index (χ2v) is 7.57. The van der Waals surface area contributed by atoms with E-state index in [1.54, 1.807) is 6.92 Å². The van der Waals surface area contributed by atoms with Gasteiger partial charge in [0.25, 0.3) is 5.91 Å². The van der Waals surface area contributed by atoms with Crippen LogP contribution in [0.4, 0.5) is 10.8 Å². The van der Waals surface area contributed by atoms with E-state index in [2.05, 4.69) is 20.3 Å². The maximum Gasteiger partial charge on any atom is 0.282 e. The Balaban J connectivity index is 1.54. The molecule has 1 aromatic heterocycles. The van der Waals surface area contributed by atoms with Crippen molar-refractivity contribution in [1.82, 2.24) is 4.98 Å². The number of aromatic nitrogens is 1. The lowest BCUT2D eigenvalue weighted by atomic mass is 10.1. The highest BCUT2D eigenvalue weighted by Gasteiger charge is 2.36. The van der Waals surface area contributed by atoms with E-state index in [-0.39, 0.29) is 5.91 Å². The van der Waals surface area contributed by atoms with Gasteiger partial charge in [0.2, 0.25) is 5.13 Å². The summed E-state index contributed by atoms with van der Waals surface area (Å²) in [6, 6.07) is 15.1. The van der Waals surface area contributed by atoms with E-state index >= 15 is 0 Å². The fourth-order valence-corrected chi connectivity index (χ4v) is 3.65. The molecule has 2 heterocycles. The van der Waals surface area contributed by atoms with Crippen LogP contribution in [0.25, 0.3) is 11.3 Å². The standard InChI is InChI=1S/C21H19N5OS/c1-13-7-9-16(10-8-13)18-12-28-21(22-18)26-20(27)19(15(3)25-26)24-23-17-6-4-5-14(2)11-17/h4-12,19H,1-3H3/t19-/m1/s1. The van der Waals surface area contributed by atoms with Crippen LogP contribution in [0, 0.1) is 13.8 Å². The summed E-state index contributed by atoms with van der Waals surface area (Å²) in [7, 11) is 0. The Kier molecular flexibility index (Phi) is 4.83. The van der Waals surface area contributed by atoms with Crippen molar-refractivity contribution in [3.8, 4) is 11.3 Å². The largest absolute Gasteiger partial charge is 0.282 e. The van der Waals surface area contributed by atoms with Crippen LogP contribution >= 0.6 is 11.3 Å². The first-order chi connectivity index (χ1) is 13.5. The molecule has 140 valence electrons. The SMILES string of the molecule is CC1=NN(c2nc(-c3ccc(C)cc3)cs2)C(=O)[C@@H]1N=Nc1cccc(C)c1. The molecular formula is C21H19N5OS. The van der Waals surface area contributed by atoms with Gasteiger partial charge in [-0.05, 0) is 38.5 Å². The Hall–Kier alpha value is -3.19. The molecule has 1 aliphatic heterocycles. The number of aryl methyl sites for hydroxylation is 2. The maximum absolute atomic E-state index is 12.8. The molecule has 0 bridgehead atoms. The zero-order valence-electron chi connectivity index (χ0n) is 15.8. The van der Waals surface area contributed by atoms with Gasteiger partial charge < -0.3 is 0 Å². The molecule has 0 saturated heterocycles. The number of hydrogen-bond acceptors (Lipinski definition) is 6. The third kappa shape index (κ3) is 3.61. The molecule has 1 atom stereocenters. The molecule has 0 N–H and O–H groups in total. The Morgan fingerprint density at radius 3 is 2.57 bits per heavy atom. The smallest absolute Gasteiger partial charge is 0.269 e. The minimum Gasteiger partial charge on any atom is -0.269 e. The number of carbonyl (C=O) groups is 1. The molecule has 0 aliphatic carbocycles. The Labute approximate surface area is 167 Å². The number of azo groups is 1. The van der Waals surface area contributed by atoms with Crippen LogP contribution in [0.3, 0.4) is 0 Å². The van der Waals surface area contributed by atoms with Gasteiger partial charge in [0.05, 0.1) is 17.1 Å². The van der Waals surface area contributed by atoms with E-state index < -0.39 is 6.04 Å². The summed E-state index contributed by atoms with van der Waals surface area (Å²) in [4.78, 5) is 17.4. The average Bonchev–Trinajstić information content (AvgIpc) is 3.26. The van der Waals surface area contributed by atoms with E-state index in [4.69, 9.17) is 0 Å². The van der Waals surface area contributed by atoms with E-state index in [1.165, 1.54) is 21.9 Å². The first kappa shape index (κ1) is 18.2. The van der Waals surface area contributed by atoms with Gasteiger partial charge in [-0.15, -0.1) is 11.3 Å². The van der Waals surface area contributed by atoms with Crippen molar-refractivity contribution in [2.75, 3.05) is 5.01 Å². The average molecular weight is 389 g/mol. The lowest BCUT2D eigenvalue weighted by Crippen LogP contribution is -2.29. The van der Waals surface area contributed by atoms with Crippen LogP contribution < -0.4 is 5.01 Å². The van der Waals surface area contributed by atoms with E-state index in [1.807, 2.05) is 67.8 Å². The highest BCUT2D eigenvalue weighted by Crippen LogP contribution is 2.30. The van der Waals surface area contributed by atoms with Crippen LogP contribution in [0.2, 0.25) is 0 Å². The fourth-order valence-electron chi connectivity index (χ4n) is 2.86. The molecule has 28 heavy (non-hydrogen) atoms. The lowest BCUT2D eigenvalue weighted by Gasteiger charge is -2.08. The van der Waals surface area contributed by atoms with Gasteiger partial charge in [-0.2, -0.15) is 20.3 Å². The second kappa shape index (κ2) is 7.44. The summed E-state index contributed by atoms with van der Waals surface area (Å²) < 4.78 is 0. The van der Waals surface area contributed by atoms with Gasteiger partial charge in [0.1, 0.15) is 0 Å². The molecule has 6 nitrogen and oxygen atoms in total. The summed E-state index contributed by atoms with van der Waals surface area (Å²) in [6.07, 6.45) is 0. The van der Waals surface area contributed by atoms with Gasteiger partial charge in [0.15, 0.2) is 6.04 Å². The number of rotatable bonds is 4.